The number of para-hydroxylation sites is 2. The highest BCUT2D eigenvalue weighted by atomic mass is 16.7. The molecular formula is C41H45N7O6. The van der Waals surface area contributed by atoms with Gasteiger partial charge in [-0.1, -0.05) is 69.3 Å². The van der Waals surface area contributed by atoms with E-state index in [1.54, 1.807) is 48.8 Å². The highest BCUT2D eigenvalue weighted by Crippen LogP contribution is 2.34. The lowest BCUT2D eigenvalue weighted by Gasteiger charge is -2.28. The van der Waals surface area contributed by atoms with Crippen LogP contribution in [-0.2, 0) is 29.6 Å². The number of hydrogen-bond acceptors (Lipinski definition) is 9. The number of carbonyl (C=O) groups excluding carboxylic acids is 4. The standard InChI is InChI=1S/C41H45N7O6/c1-26(23-33(49)47-54-39(2,3)4)24-40(5,6)25-34(50)44-30-19-17-29(18-20-30)41(48-53,37(51)45-31-15-7-11-27-13-9-21-42-35(27)31)38(52)46-32-16-8-12-28-14-10-22-43-36(28)32/h7-22,26H,23-25H2,1-6H3,(H,44,50)(H,45,51)(H,46,52)(H,47,49). The van der Waals surface area contributed by atoms with Gasteiger partial charge in [0, 0.05) is 47.3 Å². The van der Waals surface area contributed by atoms with Gasteiger partial charge in [0.25, 0.3) is 17.4 Å². The molecule has 13 heteroatoms. The van der Waals surface area contributed by atoms with Crippen molar-refractivity contribution in [2.24, 2.45) is 16.5 Å². The van der Waals surface area contributed by atoms with Crippen molar-refractivity contribution in [2.75, 3.05) is 16.0 Å². The maximum atomic E-state index is 14.2. The molecule has 4 amide bonds. The summed E-state index contributed by atoms with van der Waals surface area (Å²) in [6, 6.07) is 23.3. The van der Waals surface area contributed by atoms with Crippen LogP contribution in [0.5, 0.6) is 0 Å². The van der Waals surface area contributed by atoms with E-state index in [0.29, 0.717) is 23.1 Å². The molecule has 0 aliphatic carbocycles. The van der Waals surface area contributed by atoms with Gasteiger partial charge < -0.3 is 16.0 Å². The average Bonchev–Trinajstić information content (AvgIpc) is 3.11. The first kappa shape index (κ1) is 39.1. The monoisotopic (exact) mass is 731 g/mol. The molecule has 54 heavy (non-hydrogen) atoms. The fourth-order valence-corrected chi connectivity index (χ4v) is 6.43. The lowest BCUT2D eigenvalue weighted by atomic mass is 9.79. The van der Waals surface area contributed by atoms with Crippen LogP contribution in [0.2, 0.25) is 0 Å². The molecule has 0 radical (unpaired) electrons. The Morgan fingerprint density at radius 2 is 1.22 bits per heavy atom. The van der Waals surface area contributed by atoms with Gasteiger partial charge in [0.05, 0.1) is 28.0 Å². The molecule has 0 aliphatic heterocycles. The number of rotatable bonds is 14. The second kappa shape index (κ2) is 16.3. The summed E-state index contributed by atoms with van der Waals surface area (Å²) < 4.78 is 0. The summed E-state index contributed by atoms with van der Waals surface area (Å²) in [4.78, 5) is 81.1. The number of nitrogens with one attached hydrogen (secondary N) is 4. The number of nitroso groups, excluding NO2 is 1. The van der Waals surface area contributed by atoms with Gasteiger partial charge in [-0.25, -0.2) is 5.48 Å². The molecule has 0 saturated carbocycles. The third kappa shape index (κ3) is 9.47. The van der Waals surface area contributed by atoms with Crippen molar-refractivity contribution in [1.82, 2.24) is 15.4 Å². The van der Waals surface area contributed by atoms with E-state index in [-0.39, 0.29) is 47.5 Å². The Hall–Kier alpha value is -6.08. The Bertz CT molecular complexity index is 2080. The summed E-state index contributed by atoms with van der Waals surface area (Å²) >= 11 is 0. The molecule has 280 valence electrons. The van der Waals surface area contributed by atoms with Crippen LogP contribution in [0.25, 0.3) is 21.8 Å². The molecule has 1 unspecified atom stereocenters. The summed E-state index contributed by atoms with van der Waals surface area (Å²) in [6.07, 6.45) is 4.13. The van der Waals surface area contributed by atoms with Crippen molar-refractivity contribution in [2.45, 2.75) is 71.9 Å². The molecule has 0 bridgehead atoms. The minimum Gasteiger partial charge on any atom is -0.326 e. The lowest BCUT2D eigenvalue weighted by molar-refractivity contribution is -0.146. The molecule has 0 saturated heterocycles. The first-order chi connectivity index (χ1) is 25.6. The molecule has 2 aromatic heterocycles. The number of fused-ring (bicyclic) bond motifs is 2. The van der Waals surface area contributed by atoms with E-state index >= 15 is 0 Å². The largest absolute Gasteiger partial charge is 0.326 e. The van der Waals surface area contributed by atoms with Gasteiger partial charge in [0.1, 0.15) is 0 Å². The number of pyridine rings is 2. The van der Waals surface area contributed by atoms with Gasteiger partial charge >= 0.3 is 0 Å². The van der Waals surface area contributed by atoms with Crippen LogP contribution in [0.1, 0.15) is 66.4 Å². The molecule has 3 aromatic carbocycles. The van der Waals surface area contributed by atoms with Gasteiger partial charge in [-0.3, -0.25) is 34.0 Å². The van der Waals surface area contributed by atoms with Crippen LogP contribution in [0.3, 0.4) is 0 Å². The second-order valence-corrected chi connectivity index (χ2v) is 15.2. The predicted octanol–water partition coefficient (Wildman–Crippen LogP) is 7.64. The first-order valence-corrected chi connectivity index (χ1v) is 17.6. The van der Waals surface area contributed by atoms with Crippen LogP contribution >= 0.6 is 0 Å². The van der Waals surface area contributed by atoms with Gasteiger partial charge in [0.15, 0.2) is 0 Å². The number of aromatic nitrogens is 2. The summed E-state index contributed by atoms with van der Waals surface area (Å²) in [5.74, 6) is -2.54. The van der Waals surface area contributed by atoms with Gasteiger partial charge in [-0.2, -0.15) is 0 Å². The minimum absolute atomic E-state index is 0.0220. The molecule has 5 aromatic rings. The maximum absolute atomic E-state index is 14.2. The summed E-state index contributed by atoms with van der Waals surface area (Å²) in [7, 11) is 0. The molecule has 2 heterocycles. The predicted molar refractivity (Wildman–Crippen MR) is 209 cm³/mol. The van der Waals surface area contributed by atoms with Crippen molar-refractivity contribution < 1.29 is 24.0 Å². The number of hydroxylamine groups is 1. The van der Waals surface area contributed by atoms with Crippen LogP contribution < -0.4 is 21.4 Å². The Morgan fingerprint density at radius 3 is 1.72 bits per heavy atom. The molecule has 1 atom stereocenters. The number of nitrogens with zero attached hydrogens (tertiary/aromatic N) is 3. The van der Waals surface area contributed by atoms with Crippen molar-refractivity contribution in [3.05, 3.63) is 108 Å². The summed E-state index contributed by atoms with van der Waals surface area (Å²) in [6.45, 7) is 11.4. The summed E-state index contributed by atoms with van der Waals surface area (Å²) in [5.41, 5.74) is 0.738. The normalized spacial score (nSPS) is 12.5. The molecule has 0 aliphatic rings. The molecule has 13 nitrogen and oxygen atoms in total. The van der Waals surface area contributed by atoms with E-state index < -0.39 is 28.4 Å². The average molecular weight is 732 g/mol. The molecule has 0 fully saturated rings. The molecular weight excluding hydrogens is 686 g/mol. The Balaban J connectivity index is 1.36. The molecule has 4 N–H and O–H groups in total. The number of amides is 4. The number of carbonyl (C=O) groups is 4. The molecule has 0 spiro atoms. The second-order valence-electron chi connectivity index (χ2n) is 15.2. The SMILES string of the molecule is CC(CC(=O)NOC(C)(C)C)CC(C)(C)CC(=O)Nc1ccc(C(N=O)(C(=O)Nc2cccc3cccnc23)C(=O)Nc2cccc3cccnc23)cc1. The number of anilines is 3. The van der Waals surface area contributed by atoms with Gasteiger partial charge in [0.2, 0.25) is 11.8 Å². The zero-order chi connectivity index (χ0) is 39.1. The zero-order valence-corrected chi connectivity index (χ0v) is 31.2. The maximum Gasteiger partial charge on any atom is 0.283 e. The Labute approximate surface area is 313 Å². The summed E-state index contributed by atoms with van der Waals surface area (Å²) in [5, 5.41) is 13.0. The van der Waals surface area contributed by atoms with E-state index in [4.69, 9.17) is 4.84 Å². The van der Waals surface area contributed by atoms with Crippen LogP contribution in [0.4, 0.5) is 17.1 Å². The Morgan fingerprint density at radius 1 is 0.704 bits per heavy atom. The lowest BCUT2D eigenvalue weighted by Crippen LogP contribution is -2.48. The fraction of sp³-hybridized carbons (Fsp3) is 0.317. The third-order valence-corrected chi connectivity index (χ3v) is 8.69. The van der Waals surface area contributed by atoms with Crippen molar-refractivity contribution in [3.63, 3.8) is 0 Å². The van der Waals surface area contributed by atoms with Crippen molar-refractivity contribution in [1.29, 1.82) is 0 Å². The topological polar surface area (TPSA) is 181 Å². The van der Waals surface area contributed by atoms with E-state index in [2.05, 4.69) is 36.6 Å². The fourth-order valence-electron chi connectivity index (χ4n) is 6.43. The highest BCUT2D eigenvalue weighted by molar-refractivity contribution is 6.21. The number of benzene rings is 3. The van der Waals surface area contributed by atoms with E-state index in [9.17, 15) is 24.1 Å². The zero-order valence-electron chi connectivity index (χ0n) is 31.2. The first-order valence-electron chi connectivity index (χ1n) is 17.6. The quantitative estimate of drug-likeness (QED) is 0.0511. The molecule has 5 rings (SSSR count). The van der Waals surface area contributed by atoms with Crippen molar-refractivity contribution >= 4 is 62.5 Å². The van der Waals surface area contributed by atoms with Crippen LogP contribution in [-0.4, -0.2) is 39.2 Å². The van der Waals surface area contributed by atoms with E-state index in [0.717, 1.165) is 10.8 Å². The highest BCUT2D eigenvalue weighted by Gasteiger charge is 2.50. The van der Waals surface area contributed by atoms with Crippen molar-refractivity contribution in [3.8, 4) is 0 Å². The van der Waals surface area contributed by atoms with Gasteiger partial charge in [-0.15, -0.1) is 4.91 Å². The van der Waals surface area contributed by atoms with E-state index in [1.807, 2.05) is 65.8 Å². The smallest absolute Gasteiger partial charge is 0.283 e. The van der Waals surface area contributed by atoms with Gasteiger partial charge in [-0.05, 0) is 80.1 Å². The third-order valence-electron chi connectivity index (χ3n) is 8.69. The van der Waals surface area contributed by atoms with Crippen LogP contribution in [0, 0.1) is 16.2 Å². The minimum atomic E-state index is -2.61. The van der Waals surface area contributed by atoms with Crippen LogP contribution in [0.15, 0.2) is 102 Å². The van der Waals surface area contributed by atoms with E-state index in [1.165, 1.54) is 24.3 Å². The Kier molecular flexibility index (Phi) is 11.8. The number of hydrogen-bond donors (Lipinski definition) is 4.